The first-order valence-corrected chi connectivity index (χ1v) is 12.4. The van der Waals surface area contributed by atoms with Gasteiger partial charge in [-0.25, -0.2) is 8.42 Å². The standard InChI is InChI=1S/C21H25ClN2O4S2/c1-15(29-18-9-6-16(22)7-10-18)21(25)23-17-8-11-19(28-2)20(14-17)30(26,27)24-12-4-3-5-13-24/h6-11,14-15H,3-5,12-13H2,1-2H3,(H,23,25). The van der Waals surface area contributed by atoms with E-state index in [0.717, 1.165) is 24.2 Å². The average Bonchev–Trinajstić information content (AvgIpc) is 2.75. The minimum atomic E-state index is -3.70. The molecule has 3 rings (SSSR count). The fourth-order valence-corrected chi connectivity index (χ4v) is 5.91. The maximum absolute atomic E-state index is 13.1. The number of halogens is 1. The summed E-state index contributed by atoms with van der Waals surface area (Å²) >= 11 is 7.30. The number of rotatable bonds is 7. The number of benzene rings is 2. The first-order chi connectivity index (χ1) is 14.3. The second kappa shape index (κ2) is 10.0. The van der Waals surface area contributed by atoms with Gasteiger partial charge < -0.3 is 10.1 Å². The van der Waals surface area contributed by atoms with Gasteiger partial charge in [0, 0.05) is 28.7 Å². The summed E-state index contributed by atoms with van der Waals surface area (Å²) in [4.78, 5) is 13.6. The van der Waals surface area contributed by atoms with E-state index in [4.69, 9.17) is 16.3 Å². The van der Waals surface area contributed by atoms with Gasteiger partial charge in [-0.3, -0.25) is 4.79 Å². The highest BCUT2D eigenvalue weighted by Crippen LogP contribution is 2.32. The van der Waals surface area contributed by atoms with E-state index < -0.39 is 10.0 Å². The lowest BCUT2D eigenvalue weighted by atomic mass is 10.2. The minimum absolute atomic E-state index is 0.0720. The van der Waals surface area contributed by atoms with Gasteiger partial charge in [-0.2, -0.15) is 4.31 Å². The van der Waals surface area contributed by atoms with Crippen molar-refractivity contribution < 1.29 is 17.9 Å². The van der Waals surface area contributed by atoms with Gasteiger partial charge in [0.2, 0.25) is 15.9 Å². The number of thioether (sulfide) groups is 1. The van der Waals surface area contributed by atoms with Crippen molar-refractivity contribution >= 4 is 45.0 Å². The number of carbonyl (C=O) groups is 1. The fourth-order valence-electron chi connectivity index (χ4n) is 3.22. The van der Waals surface area contributed by atoms with Gasteiger partial charge in [-0.05, 0) is 62.2 Å². The van der Waals surface area contributed by atoms with Gasteiger partial charge in [-0.1, -0.05) is 18.0 Å². The summed E-state index contributed by atoms with van der Waals surface area (Å²) in [7, 11) is -2.26. The molecule has 1 N–H and O–H groups in total. The highest BCUT2D eigenvalue weighted by atomic mass is 35.5. The Morgan fingerprint density at radius 1 is 1.13 bits per heavy atom. The third kappa shape index (κ3) is 5.49. The summed E-state index contributed by atoms with van der Waals surface area (Å²) in [5.74, 6) is 0.0450. The number of hydrogen-bond donors (Lipinski definition) is 1. The van der Waals surface area contributed by atoms with Crippen molar-refractivity contribution in [2.45, 2.75) is 41.2 Å². The highest BCUT2D eigenvalue weighted by molar-refractivity contribution is 8.00. The van der Waals surface area contributed by atoms with Crippen molar-refractivity contribution in [2.75, 3.05) is 25.5 Å². The number of carbonyl (C=O) groups excluding carboxylic acids is 1. The predicted molar refractivity (Wildman–Crippen MR) is 121 cm³/mol. The lowest BCUT2D eigenvalue weighted by Crippen LogP contribution is -2.35. The number of sulfonamides is 1. The SMILES string of the molecule is COc1ccc(NC(=O)C(C)Sc2ccc(Cl)cc2)cc1S(=O)(=O)N1CCCCC1. The Labute approximate surface area is 187 Å². The van der Waals surface area contributed by atoms with Crippen LogP contribution in [-0.4, -0.2) is 44.1 Å². The molecule has 0 spiro atoms. The van der Waals surface area contributed by atoms with Crippen LogP contribution in [0.5, 0.6) is 5.75 Å². The number of amides is 1. The Morgan fingerprint density at radius 3 is 2.43 bits per heavy atom. The Bertz CT molecular complexity index is 991. The summed E-state index contributed by atoms with van der Waals surface area (Å²) < 4.78 is 33.0. The van der Waals surface area contributed by atoms with Gasteiger partial charge in [0.1, 0.15) is 10.6 Å². The predicted octanol–water partition coefficient (Wildman–Crippen LogP) is 4.64. The second-order valence-electron chi connectivity index (χ2n) is 7.03. The van der Waals surface area contributed by atoms with Gasteiger partial charge in [-0.15, -0.1) is 11.8 Å². The molecule has 9 heteroatoms. The van der Waals surface area contributed by atoms with Crippen LogP contribution in [0, 0.1) is 0 Å². The second-order valence-corrected chi connectivity index (χ2v) is 10.8. The van der Waals surface area contributed by atoms with Crippen LogP contribution in [0.25, 0.3) is 0 Å². The van der Waals surface area contributed by atoms with Gasteiger partial charge in [0.25, 0.3) is 0 Å². The zero-order valence-corrected chi connectivity index (χ0v) is 19.3. The largest absolute Gasteiger partial charge is 0.495 e. The fraction of sp³-hybridized carbons (Fsp3) is 0.381. The van der Waals surface area contributed by atoms with Crippen LogP contribution < -0.4 is 10.1 Å². The molecule has 1 fully saturated rings. The summed E-state index contributed by atoms with van der Waals surface area (Å²) in [5, 5.41) is 3.07. The lowest BCUT2D eigenvalue weighted by Gasteiger charge is -2.26. The molecule has 6 nitrogen and oxygen atoms in total. The zero-order valence-electron chi connectivity index (χ0n) is 16.9. The molecule has 0 aliphatic carbocycles. The van der Waals surface area contributed by atoms with E-state index in [1.807, 2.05) is 12.1 Å². The molecular weight excluding hydrogens is 444 g/mol. The van der Waals surface area contributed by atoms with Crippen molar-refractivity contribution in [2.24, 2.45) is 0 Å². The number of hydrogen-bond acceptors (Lipinski definition) is 5. The van der Waals surface area contributed by atoms with E-state index in [1.54, 1.807) is 31.2 Å². The normalized spacial score (nSPS) is 16.1. The third-order valence-corrected chi connectivity index (χ3v) is 8.14. The maximum Gasteiger partial charge on any atom is 0.246 e. The van der Waals surface area contributed by atoms with Gasteiger partial charge in [0.15, 0.2) is 0 Å². The number of nitrogens with zero attached hydrogens (tertiary/aromatic N) is 1. The highest BCUT2D eigenvalue weighted by Gasteiger charge is 2.29. The van der Waals surface area contributed by atoms with Crippen molar-refractivity contribution in [1.82, 2.24) is 4.31 Å². The van der Waals surface area contributed by atoms with E-state index in [2.05, 4.69) is 5.32 Å². The average molecular weight is 469 g/mol. The molecule has 0 aromatic heterocycles. The summed E-state index contributed by atoms with van der Waals surface area (Å²) in [5.41, 5.74) is 0.417. The molecule has 0 radical (unpaired) electrons. The molecule has 1 heterocycles. The summed E-state index contributed by atoms with van der Waals surface area (Å²) in [6.45, 7) is 2.79. The van der Waals surface area contributed by atoms with Crippen LogP contribution in [0.3, 0.4) is 0 Å². The van der Waals surface area contributed by atoms with Gasteiger partial charge >= 0.3 is 0 Å². The van der Waals surface area contributed by atoms with Gasteiger partial charge in [0.05, 0.1) is 12.4 Å². The third-order valence-electron chi connectivity index (χ3n) is 4.86. The van der Waals surface area contributed by atoms with Crippen molar-refractivity contribution in [1.29, 1.82) is 0 Å². The van der Waals surface area contributed by atoms with E-state index in [9.17, 15) is 13.2 Å². The number of piperidine rings is 1. The van der Waals surface area contributed by atoms with Crippen LogP contribution >= 0.6 is 23.4 Å². The summed E-state index contributed by atoms with van der Waals surface area (Å²) in [6.07, 6.45) is 2.72. The molecule has 30 heavy (non-hydrogen) atoms. The van der Waals surface area contributed by atoms with Crippen LogP contribution in [-0.2, 0) is 14.8 Å². The Balaban J connectivity index is 1.77. The van der Waals surface area contributed by atoms with E-state index >= 15 is 0 Å². The molecule has 1 unspecified atom stereocenters. The smallest absolute Gasteiger partial charge is 0.246 e. The van der Waals surface area contributed by atoms with Crippen molar-refractivity contribution in [3.63, 3.8) is 0 Å². The quantitative estimate of drug-likeness (QED) is 0.599. The minimum Gasteiger partial charge on any atom is -0.495 e. The molecule has 2 aromatic carbocycles. The topological polar surface area (TPSA) is 75.7 Å². The molecule has 1 aliphatic rings. The Kier molecular flexibility index (Phi) is 7.68. The zero-order chi connectivity index (χ0) is 21.7. The number of ether oxygens (including phenoxy) is 1. The Hall–Kier alpha value is -1.74. The summed E-state index contributed by atoms with van der Waals surface area (Å²) in [6, 6.07) is 11.9. The van der Waals surface area contributed by atoms with E-state index in [0.29, 0.717) is 23.8 Å². The molecule has 2 aromatic rings. The lowest BCUT2D eigenvalue weighted by molar-refractivity contribution is -0.115. The molecule has 0 bridgehead atoms. The van der Waals surface area contributed by atoms with Crippen LogP contribution in [0.15, 0.2) is 52.3 Å². The van der Waals surface area contributed by atoms with Crippen molar-refractivity contribution in [3.05, 3.63) is 47.5 Å². The maximum atomic E-state index is 13.1. The molecule has 1 amide bonds. The molecule has 162 valence electrons. The molecule has 0 saturated carbocycles. The van der Waals surface area contributed by atoms with Crippen LogP contribution in [0.4, 0.5) is 5.69 Å². The Morgan fingerprint density at radius 2 is 1.80 bits per heavy atom. The van der Waals surface area contributed by atoms with Crippen LogP contribution in [0.1, 0.15) is 26.2 Å². The molecule has 1 atom stereocenters. The molecular formula is C21H25ClN2O4S2. The van der Waals surface area contributed by atoms with Crippen LogP contribution in [0.2, 0.25) is 5.02 Å². The molecule has 1 aliphatic heterocycles. The van der Waals surface area contributed by atoms with E-state index in [-0.39, 0.29) is 21.8 Å². The number of anilines is 1. The van der Waals surface area contributed by atoms with E-state index in [1.165, 1.54) is 29.2 Å². The number of methoxy groups -OCH3 is 1. The number of nitrogens with one attached hydrogen (secondary N) is 1. The molecule has 1 saturated heterocycles. The van der Waals surface area contributed by atoms with Crippen molar-refractivity contribution in [3.8, 4) is 5.75 Å². The first kappa shape index (κ1) is 22.9. The first-order valence-electron chi connectivity index (χ1n) is 9.72. The monoisotopic (exact) mass is 468 g/mol.